The predicted octanol–water partition coefficient (Wildman–Crippen LogP) is 5.58. The first kappa shape index (κ1) is 24.5. The summed E-state index contributed by atoms with van der Waals surface area (Å²) in [5.74, 6) is 2.24. The lowest BCUT2D eigenvalue weighted by atomic mass is 9.92. The van der Waals surface area contributed by atoms with Crippen LogP contribution in [-0.2, 0) is 9.59 Å². The fraction of sp³-hybridized carbons (Fsp3) is 0.607. The van der Waals surface area contributed by atoms with Gasteiger partial charge in [-0.05, 0) is 67.9 Å². The van der Waals surface area contributed by atoms with Gasteiger partial charge in [-0.1, -0.05) is 39.5 Å². The molecule has 1 saturated heterocycles. The molecule has 2 aliphatic rings. The fourth-order valence-electron chi connectivity index (χ4n) is 5.64. The Morgan fingerprint density at radius 1 is 0.971 bits per heavy atom. The lowest BCUT2D eigenvalue weighted by Gasteiger charge is -2.36. The molecular formula is C28H40N4O2. The van der Waals surface area contributed by atoms with Crippen molar-refractivity contribution in [3.8, 4) is 0 Å². The van der Waals surface area contributed by atoms with Crippen LogP contribution in [0, 0.1) is 18.8 Å². The van der Waals surface area contributed by atoms with Gasteiger partial charge in [0, 0.05) is 43.0 Å². The summed E-state index contributed by atoms with van der Waals surface area (Å²) < 4.78 is 0. The largest absolute Gasteiger partial charge is 0.356 e. The predicted molar refractivity (Wildman–Crippen MR) is 139 cm³/mol. The van der Waals surface area contributed by atoms with Crippen LogP contribution in [0.25, 0.3) is 10.9 Å². The van der Waals surface area contributed by atoms with Crippen LogP contribution in [0.2, 0.25) is 0 Å². The number of anilines is 2. The Hall–Kier alpha value is -2.63. The number of amides is 2. The molecule has 34 heavy (non-hydrogen) atoms. The van der Waals surface area contributed by atoms with Crippen LogP contribution in [-0.4, -0.2) is 35.9 Å². The van der Waals surface area contributed by atoms with E-state index in [1.807, 2.05) is 18.2 Å². The van der Waals surface area contributed by atoms with Gasteiger partial charge in [-0.15, -0.1) is 0 Å². The second kappa shape index (κ2) is 11.2. The zero-order chi connectivity index (χ0) is 24.1. The molecule has 1 saturated carbocycles. The number of piperidine rings is 1. The zero-order valence-corrected chi connectivity index (χ0v) is 21.0. The van der Waals surface area contributed by atoms with Crippen molar-refractivity contribution >= 4 is 34.2 Å². The van der Waals surface area contributed by atoms with E-state index in [4.69, 9.17) is 4.98 Å². The summed E-state index contributed by atoms with van der Waals surface area (Å²) in [4.78, 5) is 32.1. The van der Waals surface area contributed by atoms with Crippen molar-refractivity contribution in [2.75, 3.05) is 23.3 Å². The first-order chi connectivity index (χ1) is 16.4. The third kappa shape index (κ3) is 6.49. The van der Waals surface area contributed by atoms with Crippen LogP contribution in [0.5, 0.6) is 0 Å². The molecule has 184 valence electrons. The highest BCUT2D eigenvalue weighted by Crippen LogP contribution is 2.29. The highest BCUT2D eigenvalue weighted by molar-refractivity contribution is 5.96. The second-order valence-corrected chi connectivity index (χ2v) is 10.7. The number of hydrogen-bond acceptors (Lipinski definition) is 4. The van der Waals surface area contributed by atoms with Crippen molar-refractivity contribution in [2.24, 2.45) is 11.8 Å². The van der Waals surface area contributed by atoms with E-state index in [0.717, 1.165) is 53.9 Å². The van der Waals surface area contributed by atoms with E-state index in [1.165, 1.54) is 32.1 Å². The first-order valence-electron chi connectivity index (χ1n) is 13.1. The van der Waals surface area contributed by atoms with Crippen molar-refractivity contribution in [2.45, 2.75) is 84.6 Å². The third-order valence-electron chi connectivity index (χ3n) is 7.28. The normalized spacial score (nSPS) is 21.8. The third-order valence-corrected chi connectivity index (χ3v) is 7.28. The van der Waals surface area contributed by atoms with Crippen LogP contribution in [0.4, 0.5) is 11.5 Å². The number of hydrogen-bond donors (Lipinski definition) is 2. The highest BCUT2D eigenvalue weighted by Gasteiger charge is 2.23. The molecule has 6 heteroatoms. The van der Waals surface area contributed by atoms with Gasteiger partial charge in [0.15, 0.2) is 0 Å². The van der Waals surface area contributed by atoms with Crippen molar-refractivity contribution in [1.82, 2.24) is 10.3 Å². The van der Waals surface area contributed by atoms with Crippen LogP contribution >= 0.6 is 0 Å². The summed E-state index contributed by atoms with van der Waals surface area (Å²) >= 11 is 0. The number of aryl methyl sites for hydroxylation is 1. The Kier molecular flexibility index (Phi) is 8.07. The van der Waals surface area contributed by atoms with Gasteiger partial charge in [0.2, 0.25) is 11.8 Å². The smallest absolute Gasteiger partial charge is 0.224 e. The van der Waals surface area contributed by atoms with Crippen LogP contribution in [0.1, 0.15) is 77.2 Å². The van der Waals surface area contributed by atoms with Gasteiger partial charge in [-0.2, -0.15) is 0 Å². The van der Waals surface area contributed by atoms with Gasteiger partial charge in [-0.25, -0.2) is 4.98 Å². The molecule has 0 radical (unpaired) electrons. The number of pyridine rings is 1. The number of nitrogens with zero attached hydrogens (tertiary/aromatic N) is 2. The van der Waals surface area contributed by atoms with Crippen LogP contribution < -0.4 is 15.5 Å². The van der Waals surface area contributed by atoms with Gasteiger partial charge in [-0.3, -0.25) is 9.59 Å². The molecular weight excluding hydrogens is 424 g/mol. The molecule has 2 N–H and O–H groups in total. The molecule has 2 amide bonds. The topological polar surface area (TPSA) is 74.3 Å². The quantitative estimate of drug-likeness (QED) is 0.547. The molecule has 1 aromatic heterocycles. The summed E-state index contributed by atoms with van der Waals surface area (Å²) in [5.41, 5.74) is 2.85. The number of fused-ring (bicyclic) bond motifs is 1. The monoisotopic (exact) mass is 464 g/mol. The number of rotatable bonds is 6. The van der Waals surface area contributed by atoms with E-state index in [-0.39, 0.29) is 30.7 Å². The Labute approximate surface area is 203 Å². The van der Waals surface area contributed by atoms with E-state index in [9.17, 15) is 9.59 Å². The fourth-order valence-corrected chi connectivity index (χ4v) is 5.64. The molecule has 0 unspecified atom stereocenters. The summed E-state index contributed by atoms with van der Waals surface area (Å²) in [6.07, 6.45) is 8.68. The van der Waals surface area contributed by atoms with Gasteiger partial charge in [0.1, 0.15) is 5.82 Å². The van der Waals surface area contributed by atoms with E-state index >= 15 is 0 Å². The zero-order valence-electron chi connectivity index (χ0n) is 21.0. The van der Waals surface area contributed by atoms with Gasteiger partial charge in [0.05, 0.1) is 5.52 Å². The molecule has 2 heterocycles. The lowest BCUT2D eigenvalue weighted by Crippen LogP contribution is -2.39. The first-order valence-corrected chi connectivity index (χ1v) is 13.1. The minimum atomic E-state index is -0.131. The van der Waals surface area contributed by atoms with Crippen molar-refractivity contribution in [3.05, 3.63) is 29.8 Å². The highest BCUT2D eigenvalue weighted by atomic mass is 16.2. The molecule has 2 aromatic rings. The molecule has 6 nitrogen and oxygen atoms in total. The van der Waals surface area contributed by atoms with Crippen molar-refractivity contribution < 1.29 is 9.59 Å². The number of benzene rings is 1. The van der Waals surface area contributed by atoms with Crippen LogP contribution in [0.15, 0.2) is 24.3 Å². The standard InChI is InChI=1S/C28H40N4O2/c1-19-14-20(2)18-32(17-19)26-15-21(3)24-16-23(10-11-25(24)31-26)30-28(34)13-12-27(33)29-22-8-6-4-5-7-9-22/h10-11,15-16,19-20,22H,4-9,12-14,17-18H2,1-3H3,(H,29,33)(H,30,34)/t19-,20+. The summed E-state index contributed by atoms with van der Waals surface area (Å²) in [6, 6.07) is 8.32. The average molecular weight is 465 g/mol. The maximum absolute atomic E-state index is 12.5. The maximum Gasteiger partial charge on any atom is 0.224 e. The molecule has 2 fully saturated rings. The minimum Gasteiger partial charge on any atom is -0.356 e. The molecule has 0 spiro atoms. The minimum absolute atomic E-state index is 0.0190. The summed E-state index contributed by atoms with van der Waals surface area (Å²) in [5, 5.41) is 7.13. The summed E-state index contributed by atoms with van der Waals surface area (Å²) in [6.45, 7) is 8.82. The van der Waals surface area contributed by atoms with Crippen LogP contribution in [0.3, 0.4) is 0 Å². The molecule has 2 atom stereocenters. The van der Waals surface area contributed by atoms with E-state index in [2.05, 4.69) is 42.4 Å². The molecule has 1 aromatic carbocycles. The number of nitrogens with one attached hydrogen (secondary N) is 2. The number of carbonyl (C=O) groups excluding carboxylic acids is 2. The van der Waals surface area contributed by atoms with Gasteiger partial charge >= 0.3 is 0 Å². The molecule has 1 aliphatic heterocycles. The van der Waals surface area contributed by atoms with E-state index in [1.54, 1.807) is 0 Å². The summed E-state index contributed by atoms with van der Waals surface area (Å²) in [7, 11) is 0. The number of aromatic nitrogens is 1. The average Bonchev–Trinajstić information content (AvgIpc) is 3.06. The lowest BCUT2D eigenvalue weighted by molar-refractivity contribution is -0.124. The Balaban J connectivity index is 1.34. The van der Waals surface area contributed by atoms with Gasteiger partial charge in [0.25, 0.3) is 0 Å². The number of carbonyl (C=O) groups is 2. The van der Waals surface area contributed by atoms with Crippen molar-refractivity contribution in [3.63, 3.8) is 0 Å². The second-order valence-electron chi connectivity index (χ2n) is 10.7. The Bertz CT molecular complexity index is 1000. The van der Waals surface area contributed by atoms with Crippen molar-refractivity contribution in [1.29, 1.82) is 0 Å². The van der Waals surface area contributed by atoms with Gasteiger partial charge < -0.3 is 15.5 Å². The molecule has 4 rings (SSSR count). The Morgan fingerprint density at radius 2 is 1.65 bits per heavy atom. The maximum atomic E-state index is 12.5. The van der Waals surface area contributed by atoms with E-state index < -0.39 is 0 Å². The SMILES string of the molecule is Cc1cc(N2C[C@H](C)C[C@H](C)C2)nc2ccc(NC(=O)CCC(=O)NC3CCCCCC3)cc12. The van der Waals surface area contributed by atoms with E-state index in [0.29, 0.717) is 11.8 Å². The molecule has 1 aliphatic carbocycles. The Morgan fingerprint density at radius 3 is 2.35 bits per heavy atom. The molecule has 0 bridgehead atoms.